The lowest BCUT2D eigenvalue weighted by Gasteiger charge is -2.56. The third-order valence-corrected chi connectivity index (χ3v) is 10.4. The predicted molar refractivity (Wildman–Crippen MR) is 131 cm³/mol. The third-order valence-electron chi connectivity index (χ3n) is 10.4. The van der Waals surface area contributed by atoms with E-state index in [1.54, 1.807) is 11.1 Å². The summed E-state index contributed by atoms with van der Waals surface area (Å²) in [5.74, 6) is 1.49. The summed E-state index contributed by atoms with van der Waals surface area (Å²) in [5, 5.41) is 32.0. The summed E-state index contributed by atoms with van der Waals surface area (Å²) in [5.41, 5.74) is 3.94. The highest BCUT2D eigenvalue weighted by Gasteiger charge is 2.57. The van der Waals surface area contributed by atoms with Gasteiger partial charge in [-0.1, -0.05) is 76.0 Å². The first-order valence-electron chi connectivity index (χ1n) is 13.3. The van der Waals surface area contributed by atoms with Gasteiger partial charge in [0.2, 0.25) is 0 Å². The maximum Gasteiger partial charge on any atom is 0.0661 e. The Balaban J connectivity index is 1.50. The zero-order valence-electron chi connectivity index (χ0n) is 21.0. The maximum absolute atomic E-state index is 11.1. The Morgan fingerprint density at radius 2 is 1.84 bits per heavy atom. The van der Waals surface area contributed by atoms with Crippen LogP contribution in [0.3, 0.4) is 0 Å². The highest BCUT2D eigenvalue weighted by molar-refractivity contribution is 5.43. The van der Waals surface area contributed by atoms with Gasteiger partial charge in [0, 0.05) is 11.8 Å². The van der Waals surface area contributed by atoms with Crippen LogP contribution in [0.4, 0.5) is 0 Å². The minimum absolute atomic E-state index is 0.217. The van der Waals surface area contributed by atoms with Crippen molar-refractivity contribution in [3.63, 3.8) is 0 Å². The lowest BCUT2D eigenvalue weighted by Crippen LogP contribution is -2.52. The van der Waals surface area contributed by atoms with Crippen LogP contribution in [0.5, 0.6) is 0 Å². The second kappa shape index (κ2) is 8.71. The fourth-order valence-electron chi connectivity index (χ4n) is 7.93. The molecule has 4 rings (SSSR count). The summed E-state index contributed by atoms with van der Waals surface area (Å²) < 4.78 is 0. The molecule has 2 fully saturated rings. The number of rotatable bonds is 7. The summed E-state index contributed by atoms with van der Waals surface area (Å²) in [4.78, 5) is 0. The van der Waals surface area contributed by atoms with Gasteiger partial charge in [0.1, 0.15) is 0 Å². The molecular weight excluding hydrogens is 396 g/mol. The topological polar surface area (TPSA) is 60.7 Å². The van der Waals surface area contributed by atoms with Crippen molar-refractivity contribution in [3.05, 3.63) is 34.9 Å². The Morgan fingerprint density at radius 1 is 1.12 bits per heavy atom. The van der Waals surface area contributed by atoms with Crippen LogP contribution < -0.4 is 0 Å². The van der Waals surface area contributed by atoms with Gasteiger partial charge in [-0.2, -0.15) is 0 Å². The van der Waals surface area contributed by atoms with Gasteiger partial charge in [-0.3, -0.25) is 0 Å². The Hall–Kier alpha value is -0.900. The first kappa shape index (κ1) is 24.2. The van der Waals surface area contributed by atoms with Crippen LogP contribution in [0.25, 0.3) is 0 Å². The molecule has 0 spiro atoms. The zero-order chi connectivity index (χ0) is 23.3. The van der Waals surface area contributed by atoms with Crippen molar-refractivity contribution >= 4 is 0 Å². The van der Waals surface area contributed by atoms with E-state index in [1.165, 1.54) is 12.0 Å². The Labute approximate surface area is 195 Å². The van der Waals surface area contributed by atoms with Crippen LogP contribution in [-0.4, -0.2) is 33.1 Å². The Kier molecular flexibility index (Phi) is 6.59. The summed E-state index contributed by atoms with van der Waals surface area (Å²) >= 11 is 0. The van der Waals surface area contributed by atoms with Crippen molar-refractivity contribution in [3.8, 4) is 0 Å². The van der Waals surface area contributed by atoms with Crippen molar-refractivity contribution in [2.75, 3.05) is 0 Å². The van der Waals surface area contributed by atoms with Gasteiger partial charge in [0.25, 0.3) is 0 Å². The number of hydrogen-bond acceptors (Lipinski definition) is 3. The molecule has 3 nitrogen and oxygen atoms in total. The molecule has 3 N–H and O–H groups in total. The number of aliphatic hydroxyl groups excluding tert-OH is 2. The molecule has 7 unspecified atom stereocenters. The number of aliphatic hydroxyl groups is 3. The van der Waals surface area contributed by atoms with Crippen molar-refractivity contribution < 1.29 is 15.3 Å². The molecule has 4 aliphatic rings. The Morgan fingerprint density at radius 3 is 2.53 bits per heavy atom. The fraction of sp³-hybridized carbons (Fsp3) is 0.793. The molecule has 0 aromatic rings. The summed E-state index contributed by atoms with van der Waals surface area (Å²) in [6, 6.07) is 0. The molecule has 0 radical (unpaired) electrons. The highest BCUT2D eigenvalue weighted by atomic mass is 16.3. The molecule has 0 aliphatic heterocycles. The molecule has 0 heterocycles. The van der Waals surface area contributed by atoms with Gasteiger partial charge in [0.15, 0.2) is 0 Å². The van der Waals surface area contributed by atoms with E-state index in [2.05, 4.69) is 52.8 Å². The average Bonchev–Trinajstić information content (AvgIpc) is 3.12. The fourth-order valence-corrected chi connectivity index (χ4v) is 7.93. The molecule has 3 heteroatoms. The molecule has 0 bridgehead atoms. The van der Waals surface area contributed by atoms with Crippen LogP contribution in [0.15, 0.2) is 34.9 Å². The quantitative estimate of drug-likeness (QED) is 0.418. The molecule has 0 aromatic heterocycles. The van der Waals surface area contributed by atoms with E-state index in [0.717, 1.165) is 44.9 Å². The largest absolute Gasteiger partial charge is 0.393 e. The van der Waals surface area contributed by atoms with E-state index >= 15 is 0 Å². The van der Waals surface area contributed by atoms with E-state index in [9.17, 15) is 15.3 Å². The van der Waals surface area contributed by atoms with Gasteiger partial charge >= 0.3 is 0 Å². The van der Waals surface area contributed by atoms with E-state index in [1.807, 2.05) is 0 Å². The van der Waals surface area contributed by atoms with E-state index in [0.29, 0.717) is 30.6 Å². The summed E-state index contributed by atoms with van der Waals surface area (Å²) in [7, 11) is 0. The van der Waals surface area contributed by atoms with Crippen LogP contribution in [0, 0.1) is 28.6 Å². The zero-order valence-corrected chi connectivity index (χ0v) is 21.0. The first-order chi connectivity index (χ1) is 15.1. The number of hydrogen-bond donors (Lipinski definition) is 3. The minimum atomic E-state index is -0.491. The van der Waals surface area contributed by atoms with Crippen LogP contribution in [0.2, 0.25) is 0 Å². The van der Waals surface area contributed by atoms with Gasteiger partial charge in [-0.15, -0.1) is 0 Å². The van der Waals surface area contributed by atoms with Gasteiger partial charge < -0.3 is 15.3 Å². The van der Waals surface area contributed by atoms with Crippen molar-refractivity contribution in [2.45, 2.75) is 117 Å². The van der Waals surface area contributed by atoms with Gasteiger partial charge in [-0.25, -0.2) is 0 Å². The SMILES string of the molecule is CCC(O)(CC)CCCC(C)C1=CCC2C3=CC=C4CC(O)CC(O)C4(C)C3CCC12C. The molecule has 0 amide bonds. The van der Waals surface area contributed by atoms with Gasteiger partial charge in [0.05, 0.1) is 17.8 Å². The lowest BCUT2D eigenvalue weighted by atomic mass is 9.49. The monoisotopic (exact) mass is 442 g/mol. The smallest absolute Gasteiger partial charge is 0.0661 e. The third kappa shape index (κ3) is 3.77. The maximum atomic E-state index is 11.1. The predicted octanol–water partition coefficient (Wildman–Crippen LogP) is 6.09. The van der Waals surface area contributed by atoms with E-state index in [-0.39, 0.29) is 10.8 Å². The van der Waals surface area contributed by atoms with Crippen molar-refractivity contribution in [2.24, 2.45) is 28.6 Å². The van der Waals surface area contributed by atoms with Crippen molar-refractivity contribution in [1.82, 2.24) is 0 Å². The summed E-state index contributed by atoms with van der Waals surface area (Å²) in [6.07, 6.45) is 15.7. The molecule has 2 saturated carbocycles. The van der Waals surface area contributed by atoms with Gasteiger partial charge in [-0.05, 0) is 74.5 Å². The molecule has 0 aromatic carbocycles. The summed E-state index contributed by atoms with van der Waals surface area (Å²) in [6.45, 7) is 11.3. The van der Waals surface area contributed by atoms with Crippen LogP contribution >= 0.6 is 0 Å². The first-order valence-corrected chi connectivity index (χ1v) is 13.3. The normalized spacial score (nSPS) is 39.9. The molecule has 32 heavy (non-hydrogen) atoms. The second-order valence-corrected chi connectivity index (χ2v) is 11.9. The van der Waals surface area contributed by atoms with Crippen LogP contribution in [-0.2, 0) is 0 Å². The Bertz CT molecular complexity index is 803. The van der Waals surface area contributed by atoms with Crippen LogP contribution in [0.1, 0.15) is 98.8 Å². The number of allylic oxidation sites excluding steroid dienone is 5. The standard InChI is InChI=1S/C29H46O3/c1-6-29(32,7-2)15-8-9-19(3)23-12-13-24-22-11-10-20-17-21(30)18-26(31)28(20,5)25(22)14-16-27(23,24)4/h10-12,19,21,24-26,30-32H,6-9,13-18H2,1-5H3. The number of fused-ring (bicyclic) bond motifs is 5. The molecule has 180 valence electrons. The van der Waals surface area contributed by atoms with Crippen molar-refractivity contribution in [1.29, 1.82) is 0 Å². The molecule has 0 saturated heterocycles. The molecule has 4 aliphatic carbocycles. The minimum Gasteiger partial charge on any atom is -0.393 e. The second-order valence-electron chi connectivity index (χ2n) is 11.9. The van der Waals surface area contributed by atoms with E-state index in [4.69, 9.17) is 0 Å². The lowest BCUT2D eigenvalue weighted by molar-refractivity contribution is -0.0492. The average molecular weight is 443 g/mol. The van der Waals surface area contributed by atoms with E-state index < -0.39 is 17.8 Å². The molecule has 7 atom stereocenters. The molecular formula is C29H46O3. The highest BCUT2D eigenvalue weighted by Crippen LogP contribution is 2.64.